The Kier molecular flexibility index (Phi) is 8.51. The lowest BCUT2D eigenvalue weighted by atomic mass is 9.73. The van der Waals surface area contributed by atoms with Crippen LogP contribution in [0.1, 0.15) is 104 Å². The standard InChI is InChI=1S/C44H58N8O4/c1-26(2)51-25-45-35-22-34(47-39(38(35)51)46-28-10-11-28)27-9-12-33-36(19-27)52(30-20-29(21-30)48-15-7-6-8-16-48)41(54)44(33)13-17-49(18-14-44)40(53)37-31-23-50(24-32(31)37)42(55)56-43(3,4)5/h9,12,19,22,25-26,28-32,37H,6-8,10-11,13-18,20-21,23-24H2,1-5H3,(H,46,47). The second-order valence-electron chi connectivity index (χ2n) is 19.3. The first-order valence-electron chi connectivity index (χ1n) is 21.5. The van der Waals surface area contributed by atoms with E-state index in [1.165, 1.54) is 32.4 Å². The summed E-state index contributed by atoms with van der Waals surface area (Å²) in [5.41, 5.74) is 4.79. The molecule has 7 aliphatic rings. The van der Waals surface area contributed by atoms with E-state index in [0.29, 0.717) is 51.1 Å². The quantitative estimate of drug-likeness (QED) is 0.287. The third-order valence-electron chi connectivity index (χ3n) is 14.1. The molecule has 3 aromatic rings. The molecular formula is C44H58N8O4. The normalized spacial score (nSPS) is 28.5. The van der Waals surface area contributed by atoms with Crippen molar-refractivity contribution >= 4 is 40.4 Å². The average Bonchev–Trinajstić information content (AvgIpc) is 3.97. The van der Waals surface area contributed by atoms with Crippen molar-refractivity contribution in [3.63, 3.8) is 0 Å². The van der Waals surface area contributed by atoms with Crippen LogP contribution in [0.5, 0.6) is 0 Å². The zero-order valence-corrected chi connectivity index (χ0v) is 33.8. The van der Waals surface area contributed by atoms with E-state index in [1.54, 1.807) is 4.90 Å². The first kappa shape index (κ1) is 36.2. The molecule has 3 aliphatic carbocycles. The molecule has 3 saturated heterocycles. The predicted octanol–water partition coefficient (Wildman–Crippen LogP) is 6.59. The van der Waals surface area contributed by atoms with Gasteiger partial charge in [0.05, 0.1) is 23.0 Å². The van der Waals surface area contributed by atoms with Gasteiger partial charge in [0.25, 0.3) is 0 Å². The Morgan fingerprint density at radius 1 is 0.929 bits per heavy atom. The molecule has 0 bridgehead atoms. The van der Waals surface area contributed by atoms with Gasteiger partial charge < -0.3 is 34.2 Å². The summed E-state index contributed by atoms with van der Waals surface area (Å²) in [6, 6.07) is 10.1. The molecule has 3 amide bonds. The van der Waals surface area contributed by atoms with Crippen molar-refractivity contribution < 1.29 is 19.1 Å². The van der Waals surface area contributed by atoms with E-state index in [9.17, 15) is 9.59 Å². The lowest BCUT2D eigenvalue weighted by Gasteiger charge is -2.48. The van der Waals surface area contributed by atoms with Gasteiger partial charge in [-0.05, 0) is 129 Å². The minimum atomic E-state index is -0.639. The Labute approximate surface area is 330 Å². The zero-order chi connectivity index (χ0) is 38.7. The fourth-order valence-corrected chi connectivity index (χ4v) is 10.8. The molecule has 6 heterocycles. The maximum Gasteiger partial charge on any atom is 0.410 e. The second-order valence-corrected chi connectivity index (χ2v) is 19.3. The molecule has 6 fully saturated rings. The van der Waals surface area contributed by atoms with E-state index in [2.05, 4.69) is 57.8 Å². The summed E-state index contributed by atoms with van der Waals surface area (Å²) in [5, 5.41) is 3.69. The number of hydrogen-bond donors (Lipinski definition) is 1. The van der Waals surface area contributed by atoms with Gasteiger partial charge in [-0.15, -0.1) is 0 Å². The number of imidazole rings is 1. The zero-order valence-electron chi connectivity index (χ0n) is 33.8. The van der Waals surface area contributed by atoms with Crippen LogP contribution >= 0.6 is 0 Å². The van der Waals surface area contributed by atoms with Gasteiger partial charge in [-0.25, -0.2) is 14.8 Å². The molecule has 2 unspecified atom stereocenters. The van der Waals surface area contributed by atoms with E-state index < -0.39 is 11.0 Å². The third kappa shape index (κ3) is 6.07. The number of amides is 3. The number of aromatic nitrogens is 3. The van der Waals surface area contributed by atoms with Crippen molar-refractivity contribution in [1.29, 1.82) is 0 Å². The third-order valence-corrected chi connectivity index (χ3v) is 14.1. The number of rotatable bonds is 7. The van der Waals surface area contributed by atoms with Crippen LogP contribution < -0.4 is 10.2 Å². The fourth-order valence-electron chi connectivity index (χ4n) is 10.8. The number of carbonyl (C=O) groups excluding carboxylic acids is 3. The second kappa shape index (κ2) is 13.2. The summed E-state index contributed by atoms with van der Waals surface area (Å²) in [4.78, 5) is 60.3. The van der Waals surface area contributed by atoms with Crippen molar-refractivity contribution in [2.75, 3.05) is 49.5 Å². The van der Waals surface area contributed by atoms with E-state index in [1.807, 2.05) is 32.0 Å². The topological polar surface area (TPSA) is 116 Å². The number of likely N-dealkylation sites (tertiary alicyclic amines) is 3. The predicted molar refractivity (Wildman–Crippen MR) is 215 cm³/mol. The monoisotopic (exact) mass is 762 g/mol. The minimum absolute atomic E-state index is 0.0360. The Morgan fingerprint density at radius 2 is 1.64 bits per heavy atom. The summed E-state index contributed by atoms with van der Waals surface area (Å²) >= 11 is 0. The maximum absolute atomic E-state index is 15.0. The first-order chi connectivity index (χ1) is 26.9. The molecule has 1 N–H and O–H groups in total. The van der Waals surface area contributed by atoms with Crippen LogP contribution in [0, 0.1) is 17.8 Å². The molecule has 4 aliphatic heterocycles. The highest BCUT2D eigenvalue weighted by molar-refractivity contribution is 6.09. The highest BCUT2D eigenvalue weighted by Gasteiger charge is 2.62. The number of carbonyl (C=O) groups is 3. The molecule has 0 radical (unpaired) electrons. The van der Waals surface area contributed by atoms with Crippen molar-refractivity contribution in [3.05, 3.63) is 36.2 Å². The molecule has 1 spiro atoms. The number of pyridine rings is 1. The van der Waals surface area contributed by atoms with Crippen LogP contribution in [-0.4, -0.2) is 110 Å². The highest BCUT2D eigenvalue weighted by atomic mass is 16.6. The van der Waals surface area contributed by atoms with Gasteiger partial charge in [-0.1, -0.05) is 18.6 Å². The van der Waals surface area contributed by atoms with Crippen molar-refractivity contribution in [1.82, 2.24) is 29.2 Å². The largest absolute Gasteiger partial charge is 0.444 e. The van der Waals surface area contributed by atoms with Crippen LogP contribution in [-0.2, 0) is 19.7 Å². The summed E-state index contributed by atoms with van der Waals surface area (Å²) in [7, 11) is 0. The molecule has 10 rings (SSSR count). The number of nitrogens with zero attached hydrogens (tertiary/aromatic N) is 7. The maximum atomic E-state index is 15.0. The van der Waals surface area contributed by atoms with Crippen molar-refractivity contribution in [3.8, 4) is 11.3 Å². The van der Waals surface area contributed by atoms with E-state index in [0.717, 1.165) is 65.0 Å². The SMILES string of the molecule is CC(C)n1cnc2cc(-c3ccc4c(c3)N(C3CC(N5CCCCC5)C3)C(=O)C43CCN(C(=O)C4C5CN(C(=O)OC(C)(C)C)CC54)CC3)nc(NC3CC3)c21. The van der Waals surface area contributed by atoms with Crippen molar-refractivity contribution in [2.24, 2.45) is 17.8 Å². The molecule has 12 nitrogen and oxygen atoms in total. The summed E-state index contributed by atoms with van der Waals surface area (Å²) in [6.45, 7) is 14.6. The Hall–Kier alpha value is -4.19. The molecule has 2 aromatic heterocycles. The van der Waals surface area contributed by atoms with Crippen LogP contribution in [0.2, 0.25) is 0 Å². The van der Waals surface area contributed by atoms with Gasteiger partial charge in [-0.3, -0.25) is 9.59 Å². The van der Waals surface area contributed by atoms with E-state index in [4.69, 9.17) is 14.7 Å². The number of anilines is 2. The lowest BCUT2D eigenvalue weighted by molar-refractivity contribution is -0.137. The molecule has 1 aromatic carbocycles. The van der Waals surface area contributed by atoms with Crippen LogP contribution in [0.25, 0.3) is 22.3 Å². The Bertz CT molecular complexity index is 2050. The van der Waals surface area contributed by atoms with Gasteiger partial charge >= 0.3 is 6.09 Å². The first-order valence-corrected chi connectivity index (χ1v) is 21.5. The molecule has 298 valence electrons. The molecule has 56 heavy (non-hydrogen) atoms. The number of benzene rings is 1. The van der Waals surface area contributed by atoms with E-state index in [-0.39, 0.29) is 47.7 Å². The Morgan fingerprint density at radius 3 is 2.30 bits per heavy atom. The van der Waals surface area contributed by atoms with Crippen LogP contribution in [0.3, 0.4) is 0 Å². The molecular weight excluding hydrogens is 705 g/mol. The van der Waals surface area contributed by atoms with Gasteiger partial charge in [0.15, 0.2) is 5.82 Å². The van der Waals surface area contributed by atoms with Gasteiger partial charge in [0.1, 0.15) is 11.1 Å². The smallest absolute Gasteiger partial charge is 0.410 e. The number of piperidine rings is 3. The van der Waals surface area contributed by atoms with Crippen LogP contribution in [0.4, 0.5) is 16.3 Å². The van der Waals surface area contributed by atoms with Gasteiger partial charge in [-0.2, -0.15) is 0 Å². The molecule has 12 heteroatoms. The molecule has 2 atom stereocenters. The summed E-state index contributed by atoms with van der Waals surface area (Å²) in [5.74, 6) is 1.65. The average molecular weight is 763 g/mol. The highest BCUT2D eigenvalue weighted by Crippen LogP contribution is 2.55. The number of fused-ring (bicyclic) bond motifs is 4. The number of hydrogen-bond acceptors (Lipinski definition) is 8. The minimum Gasteiger partial charge on any atom is -0.444 e. The van der Waals surface area contributed by atoms with Gasteiger partial charge in [0, 0.05) is 67.5 Å². The Balaban J connectivity index is 0.910. The number of ether oxygens (including phenoxy) is 1. The van der Waals surface area contributed by atoms with E-state index >= 15 is 4.79 Å². The number of nitrogens with one attached hydrogen (secondary N) is 1. The summed E-state index contributed by atoms with van der Waals surface area (Å²) < 4.78 is 7.79. The van der Waals surface area contributed by atoms with Gasteiger partial charge in [0.2, 0.25) is 11.8 Å². The summed E-state index contributed by atoms with van der Waals surface area (Å²) in [6.07, 6.45) is 11.1. The molecule has 3 saturated carbocycles. The van der Waals surface area contributed by atoms with Crippen molar-refractivity contribution in [2.45, 2.75) is 128 Å². The lowest BCUT2D eigenvalue weighted by Crippen LogP contribution is -2.58. The van der Waals surface area contributed by atoms with Crippen LogP contribution in [0.15, 0.2) is 30.6 Å². The fraction of sp³-hybridized carbons (Fsp3) is 0.659.